The highest BCUT2D eigenvalue weighted by Gasteiger charge is 2.17. The normalized spacial score (nSPS) is 14.2. The fourth-order valence-electron chi connectivity index (χ4n) is 3.60. The van der Waals surface area contributed by atoms with Gasteiger partial charge in [0.25, 0.3) is 0 Å². The summed E-state index contributed by atoms with van der Waals surface area (Å²) in [5.41, 5.74) is 3.94. The van der Waals surface area contributed by atoms with E-state index in [9.17, 15) is 0 Å². The molecule has 4 aromatic rings. The molecule has 1 fully saturated rings. The second kappa shape index (κ2) is 8.25. The number of rotatable bonds is 5. The zero-order valence-corrected chi connectivity index (χ0v) is 17.0. The maximum Gasteiger partial charge on any atom is 0.178 e. The van der Waals surface area contributed by atoms with Crippen LogP contribution in [0, 0.1) is 0 Å². The quantitative estimate of drug-likeness (QED) is 0.530. The highest BCUT2D eigenvalue weighted by atomic mass is 35.5. The van der Waals surface area contributed by atoms with Crippen LogP contribution in [0.5, 0.6) is 0 Å². The lowest BCUT2D eigenvalue weighted by Gasteiger charge is -2.28. The van der Waals surface area contributed by atoms with E-state index in [1.807, 2.05) is 36.4 Å². The third-order valence-corrected chi connectivity index (χ3v) is 5.28. The first-order chi connectivity index (χ1) is 14.8. The van der Waals surface area contributed by atoms with Crippen LogP contribution < -0.4 is 10.3 Å². The molecule has 9 heteroatoms. The van der Waals surface area contributed by atoms with Crippen molar-refractivity contribution in [3.8, 4) is 0 Å². The van der Waals surface area contributed by atoms with Gasteiger partial charge in [0, 0.05) is 34.4 Å². The van der Waals surface area contributed by atoms with Gasteiger partial charge in [-0.15, -0.1) is 9.89 Å². The van der Waals surface area contributed by atoms with Gasteiger partial charge in [0.1, 0.15) is 0 Å². The van der Waals surface area contributed by atoms with Crippen LogP contribution in [0.3, 0.4) is 0 Å². The molecule has 0 radical (unpaired) electrons. The number of anilines is 2. The van der Waals surface area contributed by atoms with Gasteiger partial charge in [-0.2, -0.15) is 0 Å². The number of halogens is 1. The number of tetrazole rings is 1. The van der Waals surface area contributed by atoms with Gasteiger partial charge in [0.15, 0.2) is 5.82 Å². The minimum absolute atomic E-state index is 0.632. The molecule has 2 aromatic carbocycles. The lowest BCUT2D eigenvalue weighted by Crippen LogP contribution is -2.45. The average Bonchev–Trinajstić information content (AvgIpc) is 3.23. The molecule has 0 amide bonds. The standard InChI is InChI=1S/C21H20ClN7O/c22-16-4-5-18-19(6-7-23-20(18)14-16)24-17-3-1-2-15(12-17)13-21-25-26-27-29(21)28-8-10-30-11-9-28/h1-7,12,14H,8-11,13H2,(H,23,24). The van der Waals surface area contributed by atoms with Gasteiger partial charge >= 0.3 is 0 Å². The number of ether oxygens (including phenoxy) is 1. The van der Waals surface area contributed by atoms with Crippen LogP contribution in [0.1, 0.15) is 11.4 Å². The Morgan fingerprint density at radius 2 is 1.97 bits per heavy atom. The Morgan fingerprint density at radius 3 is 2.87 bits per heavy atom. The van der Waals surface area contributed by atoms with Crippen molar-refractivity contribution in [3.63, 3.8) is 0 Å². The van der Waals surface area contributed by atoms with Crippen LogP contribution in [-0.4, -0.2) is 51.6 Å². The van der Waals surface area contributed by atoms with E-state index in [4.69, 9.17) is 16.3 Å². The Bertz CT molecular complexity index is 1170. The van der Waals surface area contributed by atoms with Crippen LogP contribution in [0.15, 0.2) is 54.7 Å². The molecular weight excluding hydrogens is 402 g/mol. The van der Waals surface area contributed by atoms with Gasteiger partial charge in [-0.25, -0.2) is 0 Å². The predicted octanol–water partition coefficient (Wildman–Crippen LogP) is 3.18. The molecular formula is C21H20ClN7O. The summed E-state index contributed by atoms with van der Waals surface area (Å²) in [6.07, 6.45) is 2.41. The minimum Gasteiger partial charge on any atom is -0.378 e. The Kier molecular flexibility index (Phi) is 5.17. The highest BCUT2D eigenvalue weighted by Crippen LogP contribution is 2.27. The Hall–Kier alpha value is -3.23. The molecule has 0 aliphatic carbocycles. The molecule has 30 heavy (non-hydrogen) atoms. The number of nitrogens with zero attached hydrogens (tertiary/aromatic N) is 6. The van der Waals surface area contributed by atoms with Crippen LogP contribution in [0.4, 0.5) is 11.4 Å². The van der Waals surface area contributed by atoms with Gasteiger partial charge in [-0.3, -0.25) is 9.99 Å². The first-order valence-corrected chi connectivity index (χ1v) is 10.1. The third kappa shape index (κ3) is 3.92. The lowest BCUT2D eigenvalue weighted by atomic mass is 10.1. The number of benzene rings is 2. The molecule has 0 saturated carbocycles. The van der Waals surface area contributed by atoms with Gasteiger partial charge in [-0.1, -0.05) is 23.7 Å². The van der Waals surface area contributed by atoms with Crippen molar-refractivity contribution in [2.24, 2.45) is 0 Å². The Labute approximate surface area is 178 Å². The van der Waals surface area contributed by atoms with Gasteiger partial charge in [0.05, 0.1) is 31.8 Å². The molecule has 2 aromatic heterocycles. The number of hydrogen-bond acceptors (Lipinski definition) is 7. The first-order valence-electron chi connectivity index (χ1n) is 9.77. The largest absolute Gasteiger partial charge is 0.378 e. The fraction of sp³-hybridized carbons (Fsp3) is 0.238. The van der Waals surface area contributed by atoms with Crippen molar-refractivity contribution in [3.05, 3.63) is 71.1 Å². The van der Waals surface area contributed by atoms with Crippen molar-refractivity contribution < 1.29 is 4.74 Å². The number of morpholine rings is 1. The van der Waals surface area contributed by atoms with Crippen LogP contribution in [0.2, 0.25) is 5.02 Å². The van der Waals surface area contributed by atoms with Crippen molar-refractivity contribution in [2.45, 2.75) is 6.42 Å². The van der Waals surface area contributed by atoms with Crippen molar-refractivity contribution >= 4 is 33.9 Å². The summed E-state index contributed by atoms with van der Waals surface area (Å²) in [5, 5.41) is 19.6. The number of pyridine rings is 1. The van der Waals surface area contributed by atoms with Gasteiger partial charge in [-0.05, 0) is 52.4 Å². The number of fused-ring (bicyclic) bond motifs is 1. The molecule has 5 rings (SSSR count). The molecule has 1 aliphatic heterocycles. The molecule has 3 heterocycles. The van der Waals surface area contributed by atoms with E-state index in [0.29, 0.717) is 24.7 Å². The number of hydrogen-bond donors (Lipinski definition) is 1. The molecule has 0 unspecified atom stereocenters. The van der Waals surface area contributed by atoms with Crippen LogP contribution >= 0.6 is 11.6 Å². The summed E-state index contributed by atoms with van der Waals surface area (Å²) >= 11 is 6.10. The number of nitrogens with one attached hydrogen (secondary N) is 1. The Balaban J connectivity index is 1.38. The molecule has 1 N–H and O–H groups in total. The van der Waals surface area contributed by atoms with E-state index < -0.39 is 0 Å². The summed E-state index contributed by atoms with van der Waals surface area (Å²) < 4.78 is 5.42. The SMILES string of the molecule is Clc1ccc2c(Nc3cccc(Cc4nnnn4N4CCOCC4)c3)ccnc2c1. The van der Waals surface area contributed by atoms with Gasteiger partial charge in [0.2, 0.25) is 0 Å². The second-order valence-corrected chi connectivity index (χ2v) is 7.51. The Morgan fingerprint density at radius 1 is 1.07 bits per heavy atom. The molecule has 1 aliphatic rings. The monoisotopic (exact) mass is 421 g/mol. The van der Waals surface area contributed by atoms with Crippen molar-refractivity contribution in [1.82, 2.24) is 25.3 Å². The van der Waals surface area contributed by atoms with E-state index in [1.54, 1.807) is 11.0 Å². The van der Waals surface area contributed by atoms with E-state index in [-0.39, 0.29) is 0 Å². The molecule has 8 nitrogen and oxygen atoms in total. The molecule has 0 bridgehead atoms. The van der Waals surface area contributed by atoms with E-state index in [2.05, 4.69) is 43.0 Å². The average molecular weight is 422 g/mol. The maximum atomic E-state index is 6.10. The van der Waals surface area contributed by atoms with Crippen molar-refractivity contribution in [1.29, 1.82) is 0 Å². The summed E-state index contributed by atoms with van der Waals surface area (Å²) in [6, 6.07) is 15.9. The second-order valence-electron chi connectivity index (χ2n) is 7.07. The summed E-state index contributed by atoms with van der Waals surface area (Å²) in [4.78, 5) is 6.20. The highest BCUT2D eigenvalue weighted by molar-refractivity contribution is 6.31. The fourth-order valence-corrected chi connectivity index (χ4v) is 3.76. The third-order valence-electron chi connectivity index (χ3n) is 5.04. The van der Waals surface area contributed by atoms with E-state index in [0.717, 1.165) is 46.8 Å². The van der Waals surface area contributed by atoms with E-state index in [1.165, 1.54) is 0 Å². The molecule has 152 valence electrons. The predicted molar refractivity (Wildman–Crippen MR) is 116 cm³/mol. The summed E-state index contributed by atoms with van der Waals surface area (Å²) in [7, 11) is 0. The summed E-state index contributed by atoms with van der Waals surface area (Å²) in [5.74, 6) is 0.804. The van der Waals surface area contributed by atoms with Crippen LogP contribution in [-0.2, 0) is 11.2 Å². The van der Waals surface area contributed by atoms with Crippen molar-refractivity contribution in [2.75, 3.05) is 36.6 Å². The van der Waals surface area contributed by atoms with Crippen LogP contribution in [0.25, 0.3) is 10.9 Å². The zero-order valence-electron chi connectivity index (χ0n) is 16.2. The zero-order chi connectivity index (χ0) is 20.3. The molecule has 0 spiro atoms. The number of aromatic nitrogens is 5. The van der Waals surface area contributed by atoms with Gasteiger partial charge < -0.3 is 10.1 Å². The lowest BCUT2D eigenvalue weighted by molar-refractivity contribution is 0.108. The van der Waals surface area contributed by atoms with E-state index >= 15 is 0 Å². The summed E-state index contributed by atoms with van der Waals surface area (Å²) in [6.45, 7) is 2.92. The molecule has 0 atom stereocenters. The maximum absolute atomic E-state index is 6.10. The molecule has 1 saturated heterocycles. The first kappa shape index (κ1) is 18.8. The topological polar surface area (TPSA) is 81.0 Å². The minimum atomic E-state index is 0.632. The smallest absolute Gasteiger partial charge is 0.178 e.